The molecule has 116 valence electrons. The van der Waals surface area contributed by atoms with Crippen LogP contribution in [0.5, 0.6) is 5.75 Å². The maximum atomic E-state index is 11.5. The molecule has 1 heterocycles. The molecule has 0 spiro atoms. The molecule has 3 N–H and O–H groups in total. The Kier molecular flexibility index (Phi) is 5.20. The van der Waals surface area contributed by atoms with E-state index in [0.29, 0.717) is 12.5 Å². The summed E-state index contributed by atoms with van der Waals surface area (Å²) >= 11 is 0. The maximum Gasteiger partial charge on any atom is 0.310 e. The average Bonchev–Trinajstić information content (AvgIpc) is 2.81. The summed E-state index contributed by atoms with van der Waals surface area (Å²) in [5.41, 5.74) is 6.99. The van der Waals surface area contributed by atoms with Crippen molar-refractivity contribution in [3.05, 3.63) is 29.8 Å². The number of carboxylic acids is 1. The molecule has 1 aliphatic rings. The fourth-order valence-electron chi connectivity index (χ4n) is 2.59. The molecule has 3 atom stereocenters. The van der Waals surface area contributed by atoms with E-state index in [1.165, 1.54) is 0 Å². The molecule has 3 unspecified atom stereocenters. The summed E-state index contributed by atoms with van der Waals surface area (Å²) in [4.78, 5) is 11.5. The van der Waals surface area contributed by atoms with Gasteiger partial charge in [-0.1, -0.05) is 32.0 Å². The minimum atomic E-state index is -0.804. The number of ether oxygens (including phenoxy) is 1. The fraction of sp³-hybridized carbons (Fsp3) is 0.562. The lowest BCUT2D eigenvalue weighted by molar-refractivity contribution is -0.142. The molecular weight excluding hydrogens is 268 g/mol. The van der Waals surface area contributed by atoms with Crippen LogP contribution < -0.4 is 15.6 Å². The van der Waals surface area contributed by atoms with Crippen LogP contribution >= 0.6 is 0 Å². The molecule has 1 saturated heterocycles. The highest BCUT2D eigenvalue weighted by molar-refractivity contribution is 5.73. The molecule has 1 aliphatic heterocycles. The summed E-state index contributed by atoms with van der Waals surface area (Å²) in [6.45, 7) is 6.82. The first-order valence-electron chi connectivity index (χ1n) is 7.46. The second kappa shape index (κ2) is 6.91. The van der Waals surface area contributed by atoms with Crippen molar-refractivity contribution in [2.45, 2.75) is 39.3 Å². The topological polar surface area (TPSA) is 70.6 Å². The molecule has 1 aromatic carbocycles. The van der Waals surface area contributed by atoms with Gasteiger partial charge in [0.1, 0.15) is 5.75 Å². The second-order valence-corrected chi connectivity index (χ2v) is 5.99. The number of nitrogens with one attached hydrogen (secondary N) is 2. The number of rotatable bonds is 6. The van der Waals surface area contributed by atoms with Crippen LogP contribution in [-0.4, -0.2) is 23.7 Å². The van der Waals surface area contributed by atoms with Crippen molar-refractivity contribution in [1.82, 2.24) is 10.9 Å². The maximum absolute atomic E-state index is 11.5. The van der Waals surface area contributed by atoms with E-state index >= 15 is 0 Å². The highest BCUT2D eigenvalue weighted by atomic mass is 16.5. The lowest BCUT2D eigenvalue weighted by Gasteiger charge is -2.20. The highest BCUT2D eigenvalue weighted by Gasteiger charge is 2.40. The third-order valence-electron chi connectivity index (χ3n) is 3.86. The van der Waals surface area contributed by atoms with E-state index in [1.807, 2.05) is 31.2 Å². The van der Waals surface area contributed by atoms with Gasteiger partial charge in [-0.2, -0.15) is 0 Å². The molecule has 5 nitrogen and oxygen atoms in total. The van der Waals surface area contributed by atoms with E-state index in [2.05, 4.69) is 24.7 Å². The Bertz CT molecular complexity index is 490. The summed E-state index contributed by atoms with van der Waals surface area (Å²) in [5, 5.41) is 9.43. The van der Waals surface area contributed by atoms with E-state index in [4.69, 9.17) is 4.74 Å². The Hall–Kier alpha value is -1.59. The first-order chi connectivity index (χ1) is 10.0. The Labute approximate surface area is 125 Å². The fourth-order valence-corrected chi connectivity index (χ4v) is 2.59. The zero-order valence-corrected chi connectivity index (χ0v) is 12.8. The van der Waals surface area contributed by atoms with Crippen LogP contribution in [0.2, 0.25) is 0 Å². The van der Waals surface area contributed by atoms with Crippen molar-refractivity contribution in [3.8, 4) is 5.75 Å². The SMILES string of the molecule is CC(C)CCOc1ccccc1C1NNC(C)C1C(=O)O. The lowest BCUT2D eigenvalue weighted by Crippen LogP contribution is -2.30. The molecule has 2 rings (SSSR count). The number of hydrogen-bond acceptors (Lipinski definition) is 4. The van der Waals surface area contributed by atoms with Crippen LogP contribution in [0.4, 0.5) is 0 Å². The van der Waals surface area contributed by atoms with Crippen molar-refractivity contribution < 1.29 is 14.6 Å². The molecule has 0 aromatic heterocycles. The quantitative estimate of drug-likeness (QED) is 0.751. The number of benzene rings is 1. The number of para-hydroxylation sites is 1. The van der Waals surface area contributed by atoms with Gasteiger partial charge in [-0.05, 0) is 25.3 Å². The van der Waals surface area contributed by atoms with E-state index < -0.39 is 11.9 Å². The predicted molar refractivity (Wildman–Crippen MR) is 81.0 cm³/mol. The van der Waals surface area contributed by atoms with Crippen LogP contribution in [0.25, 0.3) is 0 Å². The standard InChI is InChI=1S/C16H24N2O3/c1-10(2)8-9-21-13-7-5-4-6-12(13)15-14(16(19)20)11(3)17-18-15/h4-7,10-11,14-15,17-18H,8-9H2,1-3H3,(H,19,20). The van der Waals surface area contributed by atoms with E-state index in [9.17, 15) is 9.90 Å². The molecule has 0 amide bonds. The molecule has 0 bridgehead atoms. The minimum Gasteiger partial charge on any atom is -0.493 e. The molecule has 0 saturated carbocycles. The average molecular weight is 292 g/mol. The van der Waals surface area contributed by atoms with Gasteiger partial charge in [0.2, 0.25) is 0 Å². The molecule has 5 heteroatoms. The van der Waals surface area contributed by atoms with Crippen molar-refractivity contribution in [2.75, 3.05) is 6.61 Å². The van der Waals surface area contributed by atoms with Gasteiger partial charge < -0.3 is 9.84 Å². The van der Waals surface area contributed by atoms with Crippen molar-refractivity contribution in [1.29, 1.82) is 0 Å². The van der Waals surface area contributed by atoms with Crippen LogP contribution in [0.1, 0.15) is 38.8 Å². The summed E-state index contributed by atoms with van der Waals surface area (Å²) in [6.07, 6.45) is 0.976. The highest BCUT2D eigenvalue weighted by Crippen LogP contribution is 2.34. The smallest absolute Gasteiger partial charge is 0.310 e. The molecule has 21 heavy (non-hydrogen) atoms. The summed E-state index contributed by atoms with van der Waals surface area (Å²) in [7, 11) is 0. The summed E-state index contributed by atoms with van der Waals surface area (Å²) in [5.74, 6) is 0.0230. The van der Waals surface area contributed by atoms with Crippen LogP contribution in [0, 0.1) is 11.8 Å². The zero-order valence-electron chi connectivity index (χ0n) is 12.8. The number of carboxylic acid groups (broad SMARTS) is 1. The Balaban J connectivity index is 2.17. The van der Waals surface area contributed by atoms with Crippen LogP contribution in [-0.2, 0) is 4.79 Å². The third kappa shape index (κ3) is 3.74. The number of carbonyl (C=O) groups is 1. The molecule has 0 radical (unpaired) electrons. The second-order valence-electron chi connectivity index (χ2n) is 5.99. The Morgan fingerprint density at radius 3 is 2.71 bits per heavy atom. The van der Waals surface area contributed by atoms with Gasteiger partial charge in [0.05, 0.1) is 18.6 Å². The number of hydrogen-bond donors (Lipinski definition) is 3. The first kappa shape index (κ1) is 15.8. The predicted octanol–water partition coefficient (Wildman–Crippen LogP) is 2.35. The summed E-state index contributed by atoms with van der Waals surface area (Å²) in [6, 6.07) is 7.24. The molecule has 0 aliphatic carbocycles. The molecule has 1 aromatic rings. The van der Waals surface area contributed by atoms with Gasteiger partial charge in [0, 0.05) is 11.6 Å². The van der Waals surface area contributed by atoms with E-state index in [-0.39, 0.29) is 12.1 Å². The largest absolute Gasteiger partial charge is 0.493 e. The monoisotopic (exact) mass is 292 g/mol. The van der Waals surface area contributed by atoms with Gasteiger partial charge in [0.15, 0.2) is 0 Å². The van der Waals surface area contributed by atoms with Crippen molar-refractivity contribution >= 4 is 5.97 Å². The lowest BCUT2D eigenvalue weighted by atomic mass is 9.90. The Morgan fingerprint density at radius 2 is 2.05 bits per heavy atom. The molecule has 1 fully saturated rings. The van der Waals surface area contributed by atoms with Gasteiger partial charge >= 0.3 is 5.97 Å². The molecular formula is C16H24N2O3. The van der Waals surface area contributed by atoms with Crippen molar-refractivity contribution in [2.24, 2.45) is 11.8 Å². The minimum absolute atomic E-state index is 0.128. The van der Waals surface area contributed by atoms with Crippen LogP contribution in [0.3, 0.4) is 0 Å². The van der Waals surface area contributed by atoms with E-state index in [0.717, 1.165) is 17.7 Å². The van der Waals surface area contributed by atoms with Gasteiger partial charge in [-0.25, -0.2) is 5.43 Å². The van der Waals surface area contributed by atoms with Gasteiger partial charge in [0.25, 0.3) is 0 Å². The third-order valence-corrected chi connectivity index (χ3v) is 3.86. The Morgan fingerprint density at radius 1 is 1.33 bits per heavy atom. The van der Waals surface area contributed by atoms with E-state index in [1.54, 1.807) is 0 Å². The number of aliphatic carboxylic acids is 1. The van der Waals surface area contributed by atoms with Gasteiger partial charge in [-0.3, -0.25) is 10.2 Å². The first-order valence-corrected chi connectivity index (χ1v) is 7.46. The van der Waals surface area contributed by atoms with Crippen molar-refractivity contribution in [3.63, 3.8) is 0 Å². The summed E-state index contributed by atoms with van der Waals surface area (Å²) < 4.78 is 5.86. The van der Waals surface area contributed by atoms with Gasteiger partial charge in [-0.15, -0.1) is 0 Å². The zero-order chi connectivity index (χ0) is 15.4. The van der Waals surface area contributed by atoms with Crippen LogP contribution in [0.15, 0.2) is 24.3 Å². The number of hydrazine groups is 1. The normalized spacial score (nSPS) is 25.2.